The number of rotatable bonds is 7. The van der Waals surface area contributed by atoms with Crippen molar-refractivity contribution >= 4 is 22.9 Å². The number of carbonyl (C=O) groups is 1. The number of carbonyl (C=O) groups excluding carboxylic acids is 1. The summed E-state index contributed by atoms with van der Waals surface area (Å²) in [5.41, 5.74) is 0.967. The van der Waals surface area contributed by atoms with E-state index >= 15 is 0 Å². The molecule has 3 saturated heterocycles. The number of fused-ring (bicyclic) bond motifs is 1. The largest absolute Gasteiger partial charge is 0.470 e. The second-order valence-corrected chi connectivity index (χ2v) is 9.49. The number of amides is 1. The zero-order valence-electron chi connectivity index (χ0n) is 20.8. The summed E-state index contributed by atoms with van der Waals surface area (Å²) in [4.78, 5) is 31.8. The van der Waals surface area contributed by atoms with E-state index in [0.29, 0.717) is 76.1 Å². The van der Waals surface area contributed by atoms with Gasteiger partial charge in [0.05, 0.1) is 57.1 Å². The number of hydrogen-bond donors (Lipinski definition) is 0. The molecule has 0 spiro atoms. The van der Waals surface area contributed by atoms with Crippen molar-refractivity contribution < 1.29 is 27.8 Å². The third-order valence-electron chi connectivity index (χ3n) is 6.93. The van der Waals surface area contributed by atoms with Gasteiger partial charge >= 0.3 is 0 Å². The van der Waals surface area contributed by atoms with Gasteiger partial charge in [-0.2, -0.15) is 9.97 Å². The highest BCUT2D eigenvalue weighted by Crippen LogP contribution is 2.30. The third kappa shape index (κ3) is 5.13. The van der Waals surface area contributed by atoms with Crippen molar-refractivity contribution in [2.75, 3.05) is 77.1 Å². The molecule has 1 amide bonds. The van der Waals surface area contributed by atoms with Crippen LogP contribution >= 0.6 is 0 Å². The standard InChI is InChI=1S/C25H29F2N7O4/c26-23(27)24-28-18-3-1-2-4-19(18)34(24)20-13-21(30-25(29-20)32-7-11-37-12-8-32)38-17-14-33(15-17)22(35)16-31-5-9-36-10-6-31/h1-4,13,17,23H,5-12,14-16H2. The third-order valence-corrected chi connectivity index (χ3v) is 6.93. The van der Waals surface area contributed by atoms with Crippen LogP contribution in [0.5, 0.6) is 5.88 Å². The van der Waals surface area contributed by atoms with Crippen molar-refractivity contribution in [3.8, 4) is 11.7 Å². The SMILES string of the molecule is O=C(CN1CCOCC1)N1CC(Oc2cc(-n3c(C(F)F)nc4ccccc43)nc(N3CCOCC3)n2)C1. The molecule has 202 valence electrons. The Kier molecular flexibility index (Phi) is 7.04. The van der Waals surface area contributed by atoms with E-state index in [1.165, 1.54) is 4.57 Å². The second-order valence-electron chi connectivity index (χ2n) is 9.49. The van der Waals surface area contributed by atoms with Gasteiger partial charge in [-0.05, 0) is 12.1 Å². The van der Waals surface area contributed by atoms with Crippen molar-refractivity contribution in [1.82, 2.24) is 29.3 Å². The van der Waals surface area contributed by atoms with Crippen LogP contribution < -0.4 is 9.64 Å². The molecule has 2 aromatic heterocycles. The van der Waals surface area contributed by atoms with Crippen LogP contribution in [0.1, 0.15) is 12.2 Å². The fourth-order valence-corrected chi connectivity index (χ4v) is 4.85. The average Bonchev–Trinajstić information content (AvgIpc) is 3.31. The number of aromatic nitrogens is 4. The monoisotopic (exact) mass is 529 g/mol. The van der Waals surface area contributed by atoms with Crippen LogP contribution in [-0.4, -0.2) is 114 Å². The Bertz CT molecular complexity index is 1290. The van der Waals surface area contributed by atoms with Crippen molar-refractivity contribution in [2.45, 2.75) is 12.5 Å². The lowest BCUT2D eigenvalue weighted by atomic mass is 10.1. The molecule has 11 nitrogen and oxygen atoms in total. The van der Waals surface area contributed by atoms with E-state index in [-0.39, 0.29) is 23.7 Å². The van der Waals surface area contributed by atoms with Gasteiger partial charge in [0, 0.05) is 32.2 Å². The smallest absolute Gasteiger partial charge is 0.296 e. The maximum atomic E-state index is 14.0. The van der Waals surface area contributed by atoms with Crippen LogP contribution in [0.4, 0.5) is 14.7 Å². The van der Waals surface area contributed by atoms with Gasteiger partial charge in [-0.3, -0.25) is 14.3 Å². The van der Waals surface area contributed by atoms with Crippen LogP contribution in [0, 0.1) is 0 Å². The highest BCUT2D eigenvalue weighted by Gasteiger charge is 2.34. The Balaban J connectivity index is 1.24. The first-order valence-electron chi connectivity index (χ1n) is 12.8. The Labute approximate surface area is 217 Å². The number of para-hydroxylation sites is 2. The molecule has 3 fully saturated rings. The van der Waals surface area contributed by atoms with Gasteiger partial charge < -0.3 is 24.0 Å². The summed E-state index contributed by atoms with van der Waals surface area (Å²) >= 11 is 0. The number of imidazole rings is 1. The summed E-state index contributed by atoms with van der Waals surface area (Å²) in [7, 11) is 0. The van der Waals surface area contributed by atoms with Crippen LogP contribution in [0.2, 0.25) is 0 Å². The molecule has 0 atom stereocenters. The quantitative estimate of drug-likeness (QED) is 0.451. The normalized spacial score (nSPS) is 19.2. The first-order valence-corrected chi connectivity index (χ1v) is 12.8. The summed E-state index contributed by atoms with van der Waals surface area (Å²) in [5.74, 6) is 0.543. The van der Waals surface area contributed by atoms with Gasteiger partial charge in [-0.15, -0.1) is 0 Å². The maximum Gasteiger partial charge on any atom is 0.296 e. The molecular weight excluding hydrogens is 500 g/mol. The van der Waals surface area contributed by atoms with Gasteiger partial charge in [0.1, 0.15) is 11.9 Å². The summed E-state index contributed by atoms with van der Waals surface area (Å²) in [5, 5.41) is 0. The van der Waals surface area contributed by atoms with E-state index in [9.17, 15) is 13.6 Å². The lowest BCUT2D eigenvalue weighted by Gasteiger charge is -2.40. The van der Waals surface area contributed by atoms with Gasteiger partial charge in [0.2, 0.25) is 17.7 Å². The Hall–Kier alpha value is -3.42. The zero-order valence-corrected chi connectivity index (χ0v) is 20.8. The number of likely N-dealkylation sites (tertiary alicyclic amines) is 1. The first-order chi connectivity index (χ1) is 18.5. The number of nitrogens with zero attached hydrogens (tertiary/aromatic N) is 7. The lowest BCUT2D eigenvalue weighted by molar-refractivity contribution is -0.142. The van der Waals surface area contributed by atoms with Crippen LogP contribution in [0.25, 0.3) is 16.9 Å². The molecule has 38 heavy (non-hydrogen) atoms. The molecule has 3 aliphatic rings. The predicted molar refractivity (Wildman–Crippen MR) is 133 cm³/mol. The zero-order chi connectivity index (χ0) is 26.1. The molecule has 13 heteroatoms. The van der Waals surface area contributed by atoms with Gasteiger partial charge in [-0.25, -0.2) is 13.8 Å². The molecule has 0 saturated carbocycles. The number of anilines is 1. The minimum atomic E-state index is -2.80. The maximum absolute atomic E-state index is 14.0. The van der Waals surface area contributed by atoms with E-state index < -0.39 is 12.2 Å². The van der Waals surface area contributed by atoms with Crippen molar-refractivity contribution in [3.05, 3.63) is 36.2 Å². The Morgan fingerprint density at radius 3 is 2.45 bits per heavy atom. The lowest BCUT2D eigenvalue weighted by Crippen LogP contribution is -2.58. The number of halogens is 2. The molecule has 0 N–H and O–H groups in total. The van der Waals surface area contributed by atoms with Crippen molar-refractivity contribution in [2.24, 2.45) is 0 Å². The molecule has 5 heterocycles. The molecule has 6 rings (SSSR count). The van der Waals surface area contributed by atoms with E-state index in [4.69, 9.17) is 14.2 Å². The Morgan fingerprint density at radius 2 is 1.71 bits per heavy atom. The summed E-state index contributed by atoms with van der Waals surface area (Å²) in [6.45, 7) is 6.18. The molecule has 0 aliphatic carbocycles. The number of alkyl halides is 2. The fourth-order valence-electron chi connectivity index (χ4n) is 4.85. The number of ether oxygens (including phenoxy) is 3. The minimum absolute atomic E-state index is 0.0515. The number of hydrogen-bond acceptors (Lipinski definition) is 9. The minimum Gasteiger partial charge on any atom is -0.470 e. The van der Waals surface area contributed by atoms with Crippen molar-refractivity contribution in [3.63, 3.8) is 0 Å². The molecule has 0 bridgehead atoms. The first kappa shape index (κ1) is 24.9. The molecule has 0 radical (unpaired) electrons. The van der Waals surface area contributed by atoms with E-state index in [2.05, 4.69) is 19.9 Å². The van der Waals surface area contributed by atoms with E-state index in [1.54, 1.807) is 35.2 Å². The summed E-state index contributed by atoms with van der Waals surface area (Å²) in [6, 6.07) is 8.51. The number of morpholine rings is 2. The predicted octanol–water partition coefficient (Wildman–Crippen LogP) is 1.51. The topological polar surface area (TPSA) is 98.1 Å². The highest BCUT2D eigenvalue weighted by molar-refractivity contribution is 5.79. The van der Waals surface area contributed by atoms with E-state index in [0.717, 1.165) is 13.1 Å². The summed E-state index contributed by atoms with van der Waals surface area (Å²) in [6.07, 6.45) is -3.05. The average molecular weight is 530 g/mol. The molecular formula is C25H29F2N7O4. The van der Waals surface area contributed by atoms with Gasteiger partial charge in [0.25, 0.3) is 6.43 Å². The second kappa shape index (κ2) is 10.8. The van der Waals surface area contributed by atoms with Crippen LogP contribution in [0.3, 0.4) is 0 Å². The Morgan fingerprint density at radius 1 is 1.00 bits per heavy atom. The fraction of sp³-hybridized carbons (Fsp3) is 0.520. The van der Waals surface area contributed by atoms with Gasteiger partial charge in [0.15, 0.2) is 5.82 Å². The molecule has 3 aliphatic heterocycles. The molecule has 1 aromatic carbocycles. The van der Waals surface area contributed by atoms with Crippen LogP contribution in [-0.2, 0) is 14.3 Å². The molecule has 3 aromatic rings. The highest BCUT2D eigenvalue weighted by atomic mass is 19.3. The summed E-state index contributed by atoms with van der Waals surface area (Å²) < 4.78 is 46.4. The number of benzene rings is 1. The van der Waals surface area contributed by atoms with Gasteiger partial charge in [-0.1, -0.05) is 12.1 Å². The molecule has 0 unspecified atom stereocenters. The van der Waals surface area contributed by atoms with E-state index in [1.807, 2.05) is 4.90 Å². The van der Waals surface area contributed by atoms with Crippen LogP contribution in [0.15, 0.2) is 30.3 Å². The van der Waals surface area contributed by atoms with Crippen molar-refractivity contribution in [1.29, 1.82) is 0 Å².